The Hall–Kier alpha value is -4.34. The van der Waals surface area contributed by atoms with Crippen LogP contribution in [0.1, 0.15) is 34.1 Å². The second-order valence-electron chi connectivity index (χ2n) is 9.90. The van der Waals surface area contributed by atoms with Crippen LogP contribution in [-0.2, 0) is 6.54 Å². The lowest BCUT2D eigenvalue weighted by Gasteiger charge is -2.40. The van der Waals surface area contributed by atoms with Gasteiger partial charge in [0, 0.05) is 43.6 Å². The maximum Gasteiger partial charge on any atom is 0.274 e. The summed E-state index contributed by atoms with van der Waals surface area (Å²) in [5.41, 5.74) is 4.33. The zero-order valence-electron chi connectivity index (χ0n) is 21.8. The number of carbonyl (C=O) groups excluding carboxylic acids is 1. The summed E-state index contributed by atoms with van der Waals surface area (Å²) in [4.78, 5) is 18.2. The average molecular weight is 521 g/mol. The van der Waals surface area contributed by atoms with Gasteiger partial charge in [-0.15, -0.1) is 0 Å². The number of piperazine rings is 1. The van der Waals surface area contributed by atoms with Gasteiger partial charge in [-0.1, -0.05) is 84.0 Å². The Morgan fingerprint density at radius 2 is 1.51 bits per heavy atom. The van der Waals surface area contributed by atoms with Gasteiger partial charge in [0.2, 0.25) is 5.95 Å². The highest BCUT2D eigenvalue weighted by Gasteiger charge is 2.26. The van der Waals surface area contributed by atoms with Crippen LogP contribution in [-0.4, -0.2) is 73.6 Å². The number of benzene rings is 3. The highest BCUT2D eigenvalue weighted by molar-refractivity contribution is 6.05. The van der Waals surface area contributed by atoms with Crippen LogP contribution in [0.4, 0.5) is 5.95 Å². The Morgan fingerprint density at radius 3 is 2.18 bits per heavy atom. The first-order valence-corrected chi connectivity index (χ1v) is 13.5. The first kappa shape index (κ1) is 25.0. The van der Waals surface area contributed by atoms with Gasteiger partial charge >= 0.3 is 0 Å². The molecule has 9 nitrogen and oxygen atoms in total. The van der Waals surface area contributed by atoms with Gasteiger partial charge in [0.05, 0.1) is 6.04 Å². The summed E-state index contributed by atoms with van der Waals surface area (Å²) in [6, 6.07) is 31.9. The summed E-state index contributed by atoms with van der Waals surface area (Å²) in [5.74, 6) is 0.00483. The van der Waals surface area contributed by atoms with E-state index >= 15 is 0 Å². The van der Waals surface area contributed by atoms with Crippen LogP contribution >= 0.6 is 0 Å². The summed E-state index contributed by atoms with van der Waals surface area (Å²) in [6.07, 6.45) is 0.948. The van der Waals surface area contributed by atoms with E-state index in [-0.39, 0.29) is 17.9 Å². The van der Waals surface area contributed by atoms with Crippen molar-refractivity contribution in [2.45, 2.75) is 19.0 Å². The molecule has 0 radical (unpaired) electrons. The highest BCUT2D eigenvalue weighted by Crippen LogP contribution is 2.29. The molecule has 1 aliphatic heterocycles. The lowest BCUT2D eigenvalue weighted by atomic mass is 9.96. The molecule has 0 unspecified atom stereocenters. The van der Waals surface area contributed by atoms with E-state index in [1.54, 1.807) is 0 Å². The molecule has 1 aliphatic rings. The molecule has 0 aliphatic carbocycles. The molecule has 3 aromatic carbocycles. The fourth-order valence-electron chi connectivity index (χ4n) is 5.61. The molecular formula is C30H32N8O. The lowest BCUT2D eigenvalue weighted by molar-refractivity contribution is 0.101. The Balaban J connectivity index is 1.10. The maximum absolute atomic E-state index is 13.0. The Morgan fingerprint density at radius 1 is 0.846 bits per heavy atom. The van der Waals surface area contributed by atoms with Crippen molar-refractivity contribution >= 4 is 22.8 Å². The van der Waals surface area contributed by atoms with Gasteiger partial charge in [0.15, 0.2) is 0 Å². The number of aryl methyl sites for hydroxylation is 1. The second kappa shape index (κ2) is 11.6. The predicted octanol–water partition coefficient (Wildman–Crippen LogP) is 4.20. The highest BCUT2D eigenvalue weighted by atomic mass is 16.2. The average Bonchev–Trinajstić information content (AvgIpc) is 3.63. The molecule has 1 amide bonds. The van der Waals surface area contributed by atoms with Crippen molar-refractivity contribution in [3.8, 4) is 0 Å². The van der Waals surface area contributed by atoms with E-state index in [1.165, 1.54) is 11.1 Å². The minimum atomic E-state index is -0.230. The monoisotopic (exact) mass is 520 g/mol. The topological polar surface area (TPSA) is 95.0 Å². The van der Waals surface area contributed by atoms with Crippen molar-refractivity contribution in [3.05, 3.63) is 108 Å². The van der Waals surface area contributed by atoms with E-state index in [2.05, 4.69) is 107 Å². The fraction of sp³-hybridized carbons (Fsp3) is 0.267. The van der Waals surface area contributed by atoms with Crippen molar-refractivity contribution in [2.24, 2.45) is 0 Å². The van der Waals surface area contributed by atoms with Crippen LogP contribution in [0.3, 0.4) is 0 Å². The largest absolute Gasteiger partial charge is 0.336 e. The molecule has 9 heteroatoms. The molecule has 3 heterocycles. The van der Waals surface area contributed by atoms with Crippen LogP contribution in [0.15, 0.2) is 91.0 Å². The van der Waals surface area contributed by atoms with Crippen molar-refractivity contribution in [1.82, 2.24) is 35.0 Å². The molecule has 5 aromatic rings. The van der Waals surface area contributed by atoms with Gasteiger partial charge in [-0.25, -0.2) is 5.10 Å². The number of H-pyrrole nitrogens is 1. The third-order valence-corrected chi connectivity index (χ3v) is 7.48. The number of hydrogen-bond donors (Lipinski definition) is 2. The Kier molecular flexibility index (Phi) is 7.42. The number of para-hydroxylation sites is 1. The number of hydrogen-bond acceptors (Lipinski definition) is 6. The molecule has 0 atom stereocenters. The molecule has 6 rings (SSSR count). The van der Waals surface area contributed by atoms with Gasteiger partial charge in [0.1, 0.15) is 5.69 Å². The zero-order chi connectivity index (χ0) is 26.4. The molecule has 2 N–H and O–H groups in total. The third-order valence-electron chi connectivity index (χ3n) is 7.48. The van der Waals surface area contributed by atoms with E-state index in [0.717, 1.165) is 56.6 Å². The molecule has 1 fully saturated rings. The molecule has 1 saturated heterocycles. The minimum absolute atomic E-state index is 0.230. The Labute approximate surface area is 227 Å². The summed E-state index contributed by atoms with van der Waals surface area (Å²) in [5, 5.41) is 17.2. The number of nitrogens with zero attached hydrogens (tertiary/aromatic N) is 6. The summed E-state index contributed by atoms with van der Waals surface area (Å²) in [6.45, 7) is 5.80. The molecule has 39 heavy (non-hydrogen) atoms. The standard InChI is InChI=1S/C30H32N8O/c39-29(31-30-32-34-35-33-30)27-22-25-14-7-8-15-26(25)38(27)17-9-16-36-18-20-37(21-19-36)28(23-10-3-1-4-11-23)24-12-5-2-6-13-24/h1-8,10-15,22,28H,9,16-21H2,(H2,31,32,33,34,35,39). The number of anilines is 1. The molecule has 198 valence electrons. The summed E-state index contributed by atoms with van der Waals surface area (Å²) >= 11 is 0. The Bertz CT molecular complexity index is 1450. The number of rotatable bonds is 9. The van der Waals surface area contributed by atoms with E-state index in [4.69, 9.17) is 0 Å². The van der Waals surface area contributed by atoms with E-state index in [0.29, 0.717) is 5.69 Å². The predicted molar refractivity (Wildman–Crippen MR) is 151 cm³/mol. The van der Waals surface area contributed by atoms with Crippen LogP contribution in [0, 0.1) is 0 Å². The van der Waals surface area contributed by atoms with Crippen LogP contribution in [0.5, 0.6) is 0 Å². The van der Waals surface area contributed by atoms with Crippen LogP contribution in [0.2, 0.25) is 0 Å². The molecule has 0 spiro atoms. The summed E-state index contributed by atoms with van der Waals surface area (Å²) in [7, 11) is 0. The van der Waals surface area contributed by atoms with Crippen LogP contribution < -0.4 is 5.32 Å². The van der Waals surface area contributed by atoms with E-state index in [9.17, 15) is 4.79 Å². The number of amides is 1. The number of aromatic nitrogens is 5. The smallest absolute Gasteiger partial charge is 0.274 e. The van der Waals surface area contributed by atoms with Crippen molar-refractivity contribution < 1.29 is 4.79 Å². The molecule has 2 aromatic heterocycles. The fourth-order valence-corrected chi connectivity index (χ4v) is 5.61. The van der Waals surface area contributed by atoms with Crippen molar-refractivity contribution in [1.29, 1.82) is 0 Å². The normalized spacial score (nSPS) is 14.7. The molecule has 0 saturated carbocycles. The van der Waals surface area contributed by atoms with Crippen LogP contribution in [0.25, 0.3) is 10.9 Å². The zero-order valence-corrected chi connectivity index (χ0v) is 21.8. The summed E-state index contributed by atoms with van der Waals surface area (Å²) < 4.78 is 2.10. The number of aromatic amines is 1. The van der Waals surface area contributed by atoms with Crippen molar-refractivity contribution in [2.75, 3.05) is 38.0 Å². The molecular weight excluding hydrogens is 488 g/mol. The minimum Gasteiger partial charge on any atom is -0.336 e. The van der Waals surface area contributed by atoms with Gasteiger partial charge < -0.3 is 9.47 Å². The SMILES string of the molecule is O=C(Nc1nnn[nH]1)c1cc2ccccc2n1CCCN1CCN(C(c2ccccc2)c2ccccc2)CC1. The second-order valence-corrected chi connectivity index (χ2v) is 9.90. The van der Waals surface area contributed by atoms with E-state index in [1.807, 2.05) is 24.3 Å². The van der Waals surface area contributed by atoms with Gasteiger partial charge in [-0.05, 0) is 46.7 Å². The van der Waals surface area contributed by atoms with Crippen molar-refractivity contribution in [3.63, 3.8) is 0 Å². The number of carbonyl (C=O) groups is 1. The number of tetrazole rings is 1. The third kappa shape index (κ3) is 5.59. The maximum atomic E-state index is 13.0. The molecule has 0 bridgehead atoms. The van der Waals surface area contributed by atoms with Gasteiger partial charge in [-0.2, -0.15) is 0 Å². The van der Waals surface area contributed by atoms with Gasteiger partial charge in [-0.3, -0.25) is 15.0 Å². The quantitative estimate of drug-likeness (QED) is 0.303. The van der Waals surface area contributed by atoms with Gasteiger partial charge in [0.25, 0.3) is 5.91 Å². The number of fused-ring (bicyclic) bond motifs is 1. The van der Waals surface area contributed by atoms with E-state index < -0.39 is 0 Å². The lowest BCUT2D eigenvalue weighted by Crippen LogP contribution is -2.48. The number of nitrogens with one attached hydrogen (secondary N) is 2. The first-order chi connectivity index (χ1) is 19.3. The first-order valence-electron chi connectivity index (χ1n) is 13.5.